The van der Waals surface area contributed by atoms with Crippen LogP contribution in [-0.2, 0) is 6.42 Å². The van der Waals surface area contributed by atoms with E-state index in [-0.39, 0.29) is 10.6 Å². The minimum absolute atomic E-state index is 0.132. The van der Waals surface area contributed by atoms with Gasteiger partial charge in [0.1, 0.15) is 5.75 Å². The van der Waals surface area contributed by atoms with Crippen molar-refractivity contribution in [2.45, 2.75) is 19.3 Å². The van der Waals surface area contributed by atoms with E-state index >= 15 is 0 Å². The molecule has 0 radical (unpaired) electrons. The van der Waals surface area contributed by atoms with Crippen molar-refractivity contribution in [2.24, 2.45) is 0 Å². The molecular formula is C22H22N2O3. The summed E-state index contributed by atoms with van der Waals surface area (Å²) in [5.41, 5.74) is 3.31. The van der Waals surface area contributed by atoms with Gasteiger partial charge in [-0.3, -0.25) is 10.1 Å². The van der Waals surface area contributed by atoms with Gasteiger partial charge in [-0.2, -0.15) is 0 Å². The molecule has 0 heterocycles. The first-order valence-electron chi connectivity index (χ1n) is 8.99. The number of hydrogen-bond donors (Lipinski definition) is 1. The van der Waals surface area contributed by atoms with Crippen molar-refractivity contribution >= 4 is 17.1 Å². The number of hydrogen-bond acceptors (Lipinski definition) is 4. The van der Waals surface area contributed by atoms with Gasteiger partial charge in [-0.05, 0) is 61.2 Å². The van der Waals surface area contributed by atoms with Gasteiger partial charge in [-0.25, -0.2) is 0 Å². The van der Waals surface area contributed by atoms with Crippen LogP contribution in [-0.4, -0.2) is 11.5 Å². The summed E-state index contributed by atoms with van der Waals surface area (Å²) in [5, 5.41) is 14.0. The summed E-state index contributed by atoms with van der Waals surface area (Å²) in [6.45, 7) is 0.651. The topological polar surface area (TPSA) is 64.4 Å². The van der Waals surface area contributed by atoms with Crippen LogP contribution in [0.15, 0.2) is 78.9 Å². The molecule has 0 aliphatic heterocycles. The van der Waals surface area contributed by atoms with Crippen LogP contribution in [0.4, 0.5) is 17.1 Å². The van der Waals surface area contributed by atoms with Crippen LogP contribution < -0.4 is 10.1 Å². The van der Waals surface area contributed by atoms with Gasteiger partial charge < -0.3 is 10.1 Å². The van der Waals surface area contributed by atoms with Gasteiger partial charge in [0, 0.05) is 23.5 Å². The lowest BCUT2D eigenvalue weighted by molar-refractivity contribution is -0.384. The Balaban J connectivity index is 1.37. The lowest BCUT2D eigenvalue weighted by Gasteiger charge is -2.09. The third-order valence-corrected chi connectivity index (χ3v) is 4.19. The maximum absolute atomic E-state index is 10.6. The number of nitro groups is 1. The number of rotatable bonds is 9. The van der Waals surface area contributed by atoms with Crippen LogP contribution in [0.3, 0.4) is 0 Å². The fourth-order valence-electron chi connectivity index (χ4n) is 2.73. The smallest absolute Gasteiger partial charge is 0.269 e. The first-order valence-corrected chi connectivity index (χ1v) is 8.99. The second kappa shape index (κ2) is 9.38. The van der Waals surface area contributed by atoms with Crippen LogP contribution in [0, 0.1) is 10.1 Å². The highest BCUT2D eigenvalue weighted by Gasteiger charge is 2.03. The summed E-state index contributed by atoms with van der Waals surface area (Å²) in [4.78, 5) is 10.3. The number of nitro benzene ring substituents is 1. The number of ether oxygens (including phenoxy) is 1. The summed E-state index contributed by atoms with van der Waals surface area (Å²) in [5.74, 6) is 0.851. The van der Waals surface area contributed by atoms with E-state index in [1.54, 1.807) is 12.1 Å². The van der Waals surface area contributed by atoms with Crippen molar-refractivity contribution < 1.29 is 9.66 Å². The standard InChI is InChI=1S/C22H22N2O3/c25-24(26)21-13-9-18(10-14-21)6-4-5-17-27-22-15-11-20(12-16-22)23-19-7-2-1-3-8-19/h1-3,7-16,23H,4-6,17H2. The van der Waals surface area contributed by atoms with Gasteiger partial charge in [-0.1, -0.05) is 30.3 Å². The first kappa shape index (κ1) is 18.5. The Bertz CT molecular complexity index is 847. The molecule has 0 saturated heterocycles. The highest BCUT2D eigenvalue weighted by Crippen LogP contribution is 2.20. The Labute approximate surface area is 158 Å². The van der Waals surface area contributed by atoms with E-state index in [1.165, 1.54) is 0 Å². The van der Waals surface area contributed by atoms with E-state index < -0.39 is 0 Å². The van der Waals surface area contributed by atoms with Gasteiger partial charge in [-0.15, -0.1) is 0 Å². The predicted molar refractivity (Wildman–Crippen MR) is 108 cm³/mol. The SMILES string of the molecule is O=[N+]([O-])c1ccc(CCCCOc2ccc(Nc3ccccc3)cc2)cc1. The summed E-state index contributed by atoms with van der Waals surface area (Å²) in [6, 6.07) is 24.7. The Kier molecular flexibility index (Phi) is 6.41. The maximum Gasteiger partial charge on any atom is 0.269 e. The number of non-ortho nitro benzene ring substituents is 1. The van der Waals surface area contributed by atoms with Crippen LogP contribution >= 0.6 is 0 Å². The summed E-state index contributed by atoms with van der Waals surface area (Å²) in [7, 11) is 0. The fraction of sp³-hybridized carbons (Fsp3) is 0.182. The van der Waals surface area contributed by atoms with Crippen molar-refractivity contribution in [3.63, 3.8) is 0 Å². The third-order valence-electron chi connectivity index (χ3n) is 4.19. The first-order chi connectivity index (χ1) is 13.2. The molecule has 0 fully saturated rings. The zero-order chi connectivity index (χ0) is 18.9. The highest BCUT2D eigenvalue weighted by atomic mass is 16.6. The number of benzene rings is 3. The molecule has 1 N–H and O–H groups in total. The number of unbranched alkanes of at least 4 members (excludes halogenated alkanes) is 1. The predicted octanol–water partition coefficient (Wildman–Crippen LogP) is 5.74. The van der Waals surface area contributed by atoms with Crippen molar-refractivity contribution in [3.8, 4) is 5.75 Å². The molecule has 27 heavy (non-hydrogen) atoms. The Morgan fingerprint density at radius 2 is 1.48 bits per heavy atom. The van der Waals surface area contributed by atoms with Gasteiger partial charge in [0.25, 0.3) is 5.69 Å². The van der Waals surface area contributed by atoms with E-state index in [9.17, 15) is 10.1 Å². The molecule has 0 amide bonds. The molecule has 3 aromatic rings. The van der Waals surface area contributed by atoms with Crippen LogP contribution in [0.25, 0.3) is 0 Å². The average Bonchev–Trinajstić information content (AvgIpc) is 2.70. The number of anilines is 2. The number of para-hydroxylation sites is 1. The largest absolute Gasteiger partial charge is 0.494 e. The number of aryl methyl sites for hydroxylation is 1. The summed E-state index contributed by atoms with van der Waals surface area (Å²) >= 11 is 0. The zero-order valence-corrected chi connectivity index (χ0v) is 15.0. The molecular weight excluding hydrogens is 340 g/mol. The molecule has 0 aliphatic rings. The highest BCUT2D eigenvalue weighted by molar-refractivity contribution is 5.59. The molecule has 0 aliphatic carbocycles. The van der Waals surface area contributed by atoms with E-state index in [4.69, 9.17) is 4.74 Å². The van der Waals surface area contributed by atoms with E-state index in [2.05, 4.69) is 5.32 Å². The Morgan fingerprint density at radius 3 is 2.15 bits per heavy atom. The minimum Gasteiger partial charge on any atom is -0.494 e. The van der Waals surface area contributed by atoms with E-state index in [0.717, 1.165) is 42.0 Å². The number of nitrogens with zero attached hydrogens (tertiary/aromatic N) is 1. The molecule has 3 aromatic carbocycles. The summed E-state index contributed by atoms with van der Waals surface area (Å²) in [6.07, 6.45) is 2.80. The third kappa shape index (κ3) is 5.85. The zero-order valence-electron chi connectivity index (χ0n) is 15.0. The fourth-order valence-corrected chi connectivity index (χ4v) is 2.73. The summed E-state index contributed by atoms with van der Waals surface area (Å²) < 4.78 is 5.78. The van der Waals surface area contributed by atoms with Crippen molar-refractivity contribution in [3.05, 3.63) is 94.5 Å². The van der Waals surface area contributed by atoms with Crippen LogP contribution in [0.5, 0.6) is 5.75 Å². The molecule has 138 valence electrons. The Hall–Kier alpha value is -3.34. The second-order valence-corrected chi connectivity index (χ2v) is 6.24. The van der Waals surface area contributed by atoms with E-state index in [0.29, 0.717) is 6.61 Å². The Morgan fingerprint density at radius 1 is 0.815 bits per heavy atom. The molecule has 3 rings (SSSR count). The molecule has 0 saturated carbocycles. The quantitative estimate of drug-likeness (QED) is 0.299. The lowest BCUT2D eigenvalue weighted by atomic mass is 10.1. The van der Waals surface area contributed by atoms with Crippen molar-refractivity contribution in [2.75, 3.05) is 11.9 Å². The molecule has 0 aromatic heterocycles. The molecule has 0 atom stereocenters. The van der Waals surface area contributed by atoms with Gasteiger partial charge >= 0.3 is 0 Å². The minimum atomic E-state index is -0.377. The molecule has 5 heteroatoms. The normalized spacial score (nSPS) is 10.4. The average molecular weight is 362 g/mol. The van der Waals surface area contributed by atoms with Gasteiger partial charge in [0.2, 0.25) is 0 Å². The van der Waals surface area contributed by atoms with E-state index in [1.807, 2.05) is 66.7 Å². The number of nitrogens with one attached hydrogen (secondary N) is 1. The molecule has 0 spiro atoms. The maximum atomic E-state index is 10.6. The van der Waals surface area contributed by atoms with Crippen LogP contribution in [0.2, 0.25) is 0 Å². The lowest BCUT2D eigenvalue weighted by Crippen LogP contribution is -1.99. The van der Waals surface area contributed by atoms with Crippen molar-refractivity contribution in [1.82, 2.24) is 0 Å². The van der Waals surface area contributed by atoms with Crippen molar-refractivity contribution in [1.29, 1.82) is 0 Å². The van der Waals surface area contributed by atoms with Gasteiger partial charge in [0.15, 0.2) is 0 Å². The molecule has 0 bridgehead atoms. The molecule has 0 unspecified atom stereocenters. The molecule has 5 nitrogen and oxygen atoms in total. The second-order valence-electron chi connectivity index (χ2n) is 6.24. The van der Waals surface area contributed by atoms with Gasteiger partial charge in [0.05, 0.1) is 11.5 Å². The monoisotopic (exact) mass is 362 g/mol. The van der Waals surface area contributed by atoms with Crippen LogP contribution in [0.1, 0.15) is 18.4 Å².